The Hall–Kier alpha value is -1.42. The third-order valence-corrected chi connectivity index (χ3v) is 7.02. The van der Waals surface area contributed by atoms with Crippen LogP contribution in [0.25, 0.3) is 0 Å². The number of carboxylic acids is 1. The molecule has 184 valence electrons. The normalized spacial score (nSPS) is 26.2. The van der Waals surface area contributed by atoms with Crippen molar-refractivity contribution in [2.75, 3.05) is 78.5 Å². The average molecular weight is 454 g/mol. The number of rotatable bonds is 13. The lowest BCUT2D eigenvalue weighted by atomic mass is 10.0. The van der Waals surface area contributed by atoms with Gasteiger partial charge in [0.25, 0.3) is 0 Å². The van der Waals surface area contributed by atoms with E-state index in [0.717, 1.165) is 58.7 Å². The maximum absolute atomic E-state index is 11.9. The first-order chi connectivity index (χ1) is 15.5. The van der Waals surface area contributed by atoms with Crippen molar-refractivity contribution in [3.8, 4) is 0 Å². The Balaban J connectivity index is 1.29. The highest BCUT2D eigenvalue weighted by Gasteiger charge is 2.35. The Morgan fingerprint density at radius 2 is 1.47 bits per heavy atom. The van der Waals surface area contributed by atoms with Crippen molar-refractivity contribution in [2.45, 2.75) is 57.6 Å². The summed E-state index contributed by atoms with van der Waals surface area (Å²) in [6.07, 6.45) is 5.08. The van der Waals surface area contributed by atoms with E-state index in [-0.39, 0.29) is 24.7 Å². The molecule has 0 aromatic carbocycles. The van der Waals surface area contributed by atoms with E-state index in [9.17, 15) is 9.59 Å². The highest BCUT2D eigenvalue weighted by Crippen LogP contribution is 2.18. The molecule has 0 radical (unpaired) electrons. The molecule has 3 fully saturated rings. The van der Waals surface area contributed by atoms with Gasteiger partial charge in [-0.3, -0.25) is 9.69 Å². The van der Waals surface area contributed by atoms with Gasteiger partial charge < -0.3 is 29.9 Å². The number of piperazine rings is 2. The Labute approximate surface area is 193 Å². The molecule has 3 saturated heterocycles. The Bertz CT molecular complexity index is 577. The molecular weight excluding hydrogens is 410 g/mol. The first-order valence-electron chi connectivity index (χ1n) is 12.6. The topological polar surface area (TPSA) is 88.6 Å². The zero-order chi connectivity index (χ0) is 22.8. The molecule has 2 N–H and O–H groups in total. The summed E-state index contributed by atoms with van der Waals surface area (Å²) in [7, 11) is 0. The van der Waals surface area contributed by atoms with Crippen molar-refractivity contribution in [2.24, 2.45) is 0 Å². The summed E-state index contributed by atoms with van der Waals surface area (Å²) in [5, 5.41) is 11.8. The van der Waals surface area contributed by atoms with E-state index >= 15 is 0 Å². The van der Waals surface area contributed by atoms with E-state index in [4.69, 9.17) is 9.84 Å². The van der Waals surface area contributed by atoms with Crippen LogP contribution in [0.2, 0.25) is 0 Å². The lowest BCUT2D eigenvalue weighted by Gasteiger charge is -2.36. The first kappa shape index (κ1) is 25.2. The zero-order valence-corrected chi connectivity index (χ0v) is 19.8. The van der Waals surface area contributed by atoms with Crippen LogP contribution in [-0.4, -0.2) is 127 Å². The Morgan fingerprint density at radius 1 is 0.906 bits per heavy atom. The van der Waals surface area contributed by atoms with Gasteiger partial charge in [0.1, 0.15) is 6.10 Å². The molecule has 0 spiro atoms. The van der Waals surface area contributed by atoms with Crippen LogP contribution in [0.1, 0.15) is 45.4 Å². The number of ether oxygens (including phenoxy) is 1. The van der Waals surface area contributed by atoms with Crippen LogP contribution < -0.4 is 5.32 Å². The van der Waals surface area contributed by atoms with E-state index in [1.807, 2.05) is 0 Å². The number of hydrogen-bond donors (Lipinski definition) is 2. The third-order valence-electron chi connectivity index (χ3n) is 7.02. The van der Waals surface area contributed by atoms with E-state index in [1.54, 1.807) is 0 Å². The minimum Gasteiger partial charge on any atom is -0.481 e. The van der Waals surface area contributed by atoms with Crippen LogP contribution in [-0.2, 0) is 9.53 Å². The van der Waals surface area contributed by atoms with Gasteiger partial charge in [0.05, 0.1) is 6.04 Å². The largest absolute Gasteiger partial charge is 0.481 e. The lowest BCUT2D eigenvalue weighted by Crippen LogP contribution is -2.50. The number of carbonyl (C=O) groups excluding carboxylic acids is 1. The summed E-state index contributed by atoms with van der Waals surface area (Å²) in [4.78, 5) is 32.4. The van der Waals surface area contributed by atoms with Gasteiger partial charge in [0.2, 0.25) is 0 Å². The number of hydrogen-bond acceptors (Lipinski definition) is 7. The Kier molecular flexibility index (Phi) is 10.5. The monoisotopic (exact) mass is 453 g/mol. The quantitative estimate of drug-likeness (QED) is 0.402. The van der Waals surface area contributed by atoms with Crippen molar-refractivity contribution in [1.82, 2.24) is 24.9 Å². The third kappa shape index (κ3) is 8.50. The molecule has 9 heteroatoms. The predicted molar refractivity (Wildman–Crippen MR) is 124 cm³/mol. The number of aliphatic carboxylic acids is 1. The number of cyclic esters (lactones) is 1. The van der Waals surface area contributed by atoms with Crippen molar-refractivity contribution in [3.05, 3.63) is 0 Å². The van der Waals surface area contributed by atoms with Crippen LogP contribution in [0, 0.1) is 0 Å². The summed E-state index contributed by atoms with van der Waals surface area (Å²) in [6.45, 7) is 14.8. The van der Waals surface area contributed by atoms with Crippen molar-refractivity contribution in [3.63, 3.8) is 0 Å². The van der Waals surface area contributed by atoms with Gasteiger partial charge in [-0.2, -0.15) is 0 Å². The van der Waals surface area contributed by atoms with Crippen molar-refractivity contribution < 1.29 is 19.4 Å². The molecule has 9 nitrogen and oxygen atoms in total. The number of unbranched alkanes of at least 4 members (excludes halogenated alkanes) is 1. The van der Waals surface area contributed by atoms with E-state index in [0.29, 0.717) is 6.42 Å². The minimum atomic E-state index is -0.722. The summed E-state index contributed by atoms with van der Waals surface area (Å²) in [5.74, 6) is -0.722. The van der Waals surface area contributed by atoms with Crippen LogP contribution in [0.15, 0.2) is 0 Å². The molecule has 3 aliphatic rings. The second-order valence-electron chi connectivity index (χ2n) is 9.51. The summed E-state index contributed by atoms with van der Waals surface area (Å²) in [5.41, 5.74) is 0. The smallest absolute Gasteiger partial charge is 0.407 e. The van der Waals surface area contributed by atoms with Gasteiger partial charge in [-0.1, -0.05) is 6.92 Å². The van der Waals surface area contributed by atoms with Gasteiger partial charge in [0, 0.05) is 65.3 Å². The van der Waals surface area contributed by atoms with Gasteiger partial charge >= 0.3 is 12.1 Å². The molecular formula is C23H43N5O4. The number of amides is 1. The van der Waals surface area contributed by atoms with Gasteiger partial charge in [-0.25, -0.2) is 4.79 Å². The summed E-state index contributed by atoms with van der Waals surface area (Å²) in [6, 6.07) is 0.109. The van der Waals surface area contributed by atoms with Crippen LogP contribution in [0.4, 0.5) is 4.79 Å². The fourth-order valence-corrected chi connectivity index (χ4v) is 5.08. The van der Waals surface area contributed by atoms with Gasteiger partial charge in [-0.15, -0.1) is 0 Å². The first-order valence-corrected chi connectivity index (χ1v) is 12.6. The van der Waals surface area contributed by atoms with Crippen LogP contribution in [0.3, 0.4) is 0 Å². The lowest BCUT2D eigenvalue weighted by molar-refractivity contribution is -0.137. The highest BCUT2D eigenvalue weighted by atomic mass is 16.6. The predicted octanol–water partition coefficient (Wildman–Crippen LogP) is 1.14. The second kappa shape index (κ2) is 13.3. The maximum Gasteiger partial charge on any atom is 0.407 e. The number of carboxylic acid groups (broad SMARTS) is 1. The van der Waals surface area contributed by atoms with Gasteiger partial charge in [-0.05, 0) is 51.7 Å². The summed E-state index contributed by atoms with van der Waals surface area (Å²) >= 11 is 0. The molecule has 1 amide bonds. The maximum atomic E-state index is 11.9. The van der Waals surface area contributed by atoms with Crippen molar-refractivity contribution >= 4 is 12.1 Å². The standard InChI is InChI=1S/C23H43N5O4/c1-2-8-25-11-13-26(14-12-25)9-4-3-6-20-21(32-23(31)24-20)19-28-17-15-27(16-18-28)10-5-7-22(29)30/h20-21H,2-19H2,1H3,(H,24,31)(H,29,30). The SMILES string of the molecule is CCCN1CCN(CCCCC2NC(=O)OC2CN2CCN(CCCC(=O)O)CC2)CC1. The Morgan fingerprint density at radius 3 is 2.06 bits per heavy atom. The molecule has 0 aromatic heterocycles. The number of nitrogens with one attached hydrogen (secondary N) is 1. The minimum absolute atomic E-state index is 0.0707. The van der Waals surface area contributed by atoms with E-state index in [1.165, 1.54) is 45.6 Å². The molecule has 32 heavy (non-hydrogen) atoms. The van der Waals surface area contributed by atoms with E-state index in [2.05, 4.69) is 31.8 Å². The fourth-order valence-electron chi connectivity index (χ4n) is 5.08. The molecule has 2 unspecified atom stereocenters. The zero-order valence-electron chi connectivity index (χ0n) is 19.8. The van der Waals surface area contributed by atoms with E-state index < -0.39 is 5.97 Å². The molecule has 0 saturated carbocycles. The average Bonchev–Trinajstić information content (AvgIpc) is 3.12. The van der Waals surface area contributed by atoms with Crippen LogP contribution in [0.5, 0.6) is 0 Å². The number of alkyl carbamates (subject to hydrolysis) is 1. The van der Waals surface area contributed by atoms with Crippen LogP contribution >= 0.6 is 0 Å². The number of nitrogens with zero attached hydrogens (tertiary/aromatic N) is 4. The molecule has 3 heterocycles. The van der Waals surface area contributed by atoms with Gasteiger partial charge in [0.15, 0.2) is 0 Å². The highest BCUT2D eigenvalue weighted by molar-refractivity contribution is 5.70. The number of carbonyl (C=O) groups is 2. The molecule has 0 bridgehead atoms. The van der Waals surface area contributed by atoms with Crippen molar-refractivity contribution in [1.29, 1.82) is 0 Å². The summed E-state index contributed by atoms with van der Waals surface area (Å²) < 4.78 is 5.59. The molecule has 3 rings (SSSR count). The second-order valence-corrected chi connectivity index (χ2v) is 9.51. The fraction of sp³-hybridized carbons (Fsp3) is 0.913. The molecule has 0 aromatic rings. The molecule has 0 aliphatic carbocycles. The molecule has 3 aliphatic heterocycles. The molecule has 2 atom stereocenters.